The summed E-state index contributed by atoms with van der Waals surface area (Å²) < 4.78 is 0. The Morgan fingerprint density at radius 2 is 1.88 bits per heavy atom. The molecule has 1 amide bonds. The van der Waals surface area contributed by atoms with E-state index in [0.717, 1.165) is 25.3 Å². The van der Waals surface area contributed by atoms with Gasteiger partial charge in [-0.05, 0) is 31.2 Å². The number of rotatable bonds is 7. The summed E-state index contributed by atoms with van der Waals surface area (Å²) in [4.78, 5) is 17.8. The van der Waals surface area contributed by atoms with Gasteiger partial charge in [0.05, 0.1) is 0 Å². The van der Waals surface area contributed by atoms with Crippen molar-refractivity contribution in [2.45, 2.75) is 44.6 Å². The lowest BCUT2D eigenvalue weighted by Gasteiger charge is -2.18. The Bertz CT molecular complexity index is 527. The highest BCUT2D eigenvalue weighted by Crippen LogP contribution is 2.17. The van der Waals surface area contributed by atoms with Crippen molar-refractivity contribution in [1.82, 2.24) is 15.5 Å². The number of guanidine groups is 1. The fourth-order valence-electron chi connectivity index (χ4n) is 2.85. The van der Waals surface area contributed by atoms with E-state index in [1.54, 1.807) is 19.0 Å². The molecule has 0 heterocycles. The van der Waals surface area contributed by atoms with Gasteiger partial charge in [-0.25, -0.2) is 4.99 Å². The molecule has 25 heavy (non-hydrogen) atoms. The van der Waals surface area contributed by atoms with Crippen LogP contribution < -0.4 is 10.6 Å². The van der Waals surface area contributed by atoms with Gasteiger partial charge in [-0.1, -0.05) is 43.2 Å². The van der Waals surface area contributed by atoms with Crippen molar-refractivity contribution in [1.29, 1.82) is 0 Å². The molecule has 0 bridgehead atoms. The number of benzene rings is 1. The predicted molar refractivity (Wildman–Crippen MR) is 115 cm³/mol. The van der Waals surface area contributed by atoms with E-state index in [4.69, 9.17) is 0 Å². The number of amides is 1. The SMILES string of the molecule is CN(C)C(=O)CN=C(NCCCc1ccccc1)NC1CCCC1.I. The van der Waals surface area contributed by atoms with Gasteiger partial charge in [0.25, 0.3) is 0 Å². The number of nitrogens with zero attached hydrogens (tertiary/aromatic N) is 2. The minimum absolute atomic E-state index is 0. The number of carbonyl (C=O) groups is 1. The second-order valence-electron chi connectivity index (χ2n) is 6.59. The van der Waals surface area contributed by atoms with Gasteiger partial charge in [-0.3, -0.25) is 4.79 Å². The van der Waals surface area contributed by atoms with E-state index >= 15 is 0 Å². The van der Waals surface area contributed by atoms with Crippen LogP contribution in [0.1, 0.15) is 37.7 Å². The highest BCUT2D eigenvalue weighted by Gasteiger charge is 2.16. The largest absolute Gasteiger partial charge is 0.356 e. The molecule has 6 heteroatoms. The lowest BCUT2D eigenvalue weighted by atomic mass is 10.1. The maximum Gasteiger partial charge on any atom is 0.243 e. The Balaban J connectivity index is 0.00000312. The number of likely N-dealkylation sites (N-methyl/N-ethyl adjacent to an activating group) is 1. The maximum absolute atomic E-state index is 11.8. The molecule has 2 rings (SSSR count). The molecule has 0 radical (unpaired) electrons. The molecule has 5 nitrogen and oxygen atoms in total. The highest BCUT2D eigenvalue weighted by atomic mass is 127. The summed E-state index contributed by atoms with van der Waals surface area (Å²) in [6, 6.07) is 11.0. The fraction of sp³-hybridized carbons (Fsp3) is 0.579. The third kappa shape index (κ3) is 8.56. The Morgan fingerprint density at radius 3 is 2.52 bits per heavy atom. The minimum atomic E-state index is 0. The Labute approximate surface area is 168 Å². The molecular weight excluding hydrogens is 427 g/mol. The first-order valence-electron chi connectivity index (χ1n) is 8.94. The number of carbonyl (C=O) groups excluding carboxylic acids is 1. The van der Waals surface area contributed by atoms with E-state index in [0.29, 0.717) is 6.04 Å². The molecular formula is C19H31IN4O. The van der Waals surface area contributed by atoms with Crippen LogP contribution >= 0.6 is 24.0 Å². The Kier molecular flexibility index (Phi) is 10.5. The van der Waals surface area contributed by atoms with Crippen molar-refractivity contribution in [2.24, 2.45) is 4.99 Å². The van der Waals surface area contributed by atoms with Gasteiger partial charge in [-0.15, -0.1) is 24.0 Å². The maximum atomic E-state index is 11.8. The lowest BCUT2D eigenvalue weighted by molar-refractivity contribution is -0.127. The van der Waals surface area contributed by atoms with E-state index < -0.39 is 0 Å². The smallest absolute Gasteiger partial charge is 0.243 e. The standard InChI is InChI=1S/C19H30N4O.HI/c1-23(2)18(24)15-21-19(22-17-12-6-7-13-17)20-14-8-11-16-9-4-3-5-10-16;/h3-5,9-10,17H,6-8,11-15H2,1-2H3,(H2,20,21,22);1H. The molecule has 1 aliphatic carbocycles. The average molecular weight is 458 g/mol. The van der Waals surface area contributed by atoms with E-state index in [1.165, 1.54) is 31.2 Å². The van der Waals surface area contributed by atoms with Crippen LogP contribution in [-0.2, 0) is 11.2 Å². The van der Waals surface area contributed by atoms with Gasteiger partial charge in [0.1, 0.15) is 6.54 Å². The van der Waals surface area contributed by atoms with Gasteiger partial charge in [0.15, 0.2) is 5.96 Å². The summed E-state index contributed by atoms with van der Waals surface area (Å²) in [5.74, 6) is 0.789. The van der Waals surface area contributed by atoms with Crippen molar-refractivity contribution >= 4 is 35.8 Å². The third-order valence-corrected chi connectivity index (χ3v) is 4.34. The van der Waals surface area contributed by atoms with Crippen LogP contribution in [0.3, 0.4) is 0 Å². The fourth-order valence-corrected chi connectivity index (χ4v) is 2.85. The molecule has 1 aromatic rings. The number of aliphatic imine (C=N–C) groups is 1. The van der Waals surface area contributed by atoms with Crippen molar-refractivity contribution in [2.75, 3.05) is 27.2 Å². The summed E-state index contributed by atoms with van der Waals surface area (Å²) in [7, 11) is 3.52. The van der Waals surface area contributed by atoms with E-state index in [9.17, 15) is 4.79 Å². The molecule has 1 saturated carbocycles. The number of aryl methyl sites for hydroxylation is 1. The molecule has 0 aromatic heterocycles. The second kappa shape index (κ2) is 12.1. The average Bonchev–Trinajstić information content (AvgIpc) is 3.09. The zero-order valence-electron chi connectivity index (χ0n) is 15.3. The van der Waals surface area contributed by atoms with Crippen molar-refractivity contribution < 1.29 is 4.79 Å². The number of hydrogen-bond donors (Lipinski definition) is 2. The number of nitrogens with one attached hydrogen (secondary N) is 2. The highest BCUT2D eigenvalue weighted by molar-refractivity contribution is 14.0. The van der Waals surface area contributed by atoms with Crippen LogP contribution in [0.5, 0.6) is 0 Å². The summed E-state index contributed by atoms with van der Waals surface area (Å²) in [6.07, 6.45) is 7.00. The topological polar surface area (TPSA) is 56.7 Å². The first-order valence-corrected chi connectivity index (χ1v) is 8.94. The summed E-state index contributed by atoms with van der Waals surface area (Å²) >= 11 is 0. The zero-order valence-corrected chi connectivity index (χ0v) is 17.7. The van der Waals surface area contributed by atoms with Gasteiger partial charge >= 0.3 is 0 Å². The van der Waals surface area contributed by atoms with Crippen LogP contribution in [-0.4, -0.2) is 50.0 Å². The Hall–Kier alpha value is -1.31. The van der Waals surface area contributed by atoms with E-state index in [2.05, 4.69) is 39.9 Å². The third-order valence-electron chi connectivity index (χ3n) is 4.34. The molecule has 140 valence electrons. The molecule has 0 spiro atoms. The van der Waals surface area contributed by atoms with Crippen LogP contribution in [0.15, 0.2) is 35.3 Å². The van der Waals surface area contributed by atoms with Crippen molar-refractivity contribution in [3.63, 3.8) is 0 Å². The normalized spacial score (nSPS) is 14.7. The Morgan fingerprint density at radius 1 is 1.20 bits per heavy atom. The van der Waals surface area contributed by atoms with E-state index in [-0.39, 0.29) is 36.4 Å². The molecule has 1 aliphatic rings. The predicted octanol–water partition coefficient (Wildman–Crippen LogP) is 2.80. The zero-order chi connectivity index (χ0) is 17.2. The number of hydrogen-bond acceptors (Lipinski definition) is 2. The van der Waals surface area contributed by atoms with Crippen molar-refractivity contribution in [3.8, 4) is 0 Å². The molecule has 0 aliphatic heterocycles. The molecule has 2 N–H and O–H groups in total. The molecule has 1 aromatic carbocycles. The van der Waals surface area contributed by atoms with Gasteiger partial charge in [0.2, 0.25) is 5.91 Å². The van der Waals surface area contributed by atoms with Crippen LogP contribution in [0.25, 0.3) is 0 Å². The van der Waals surface area contributed by atoms with Gasteiger partial charge in [0, 0.05) is 26.7 Å². The molecule has 0 atom stereocenters. The minimum Gasteiger partial charge on any atom is -0.356 e. The van der Waals surface area contributed by atoms with E-state index in [1.807, 2.05) is 6.07 Å². The lowest BCUT2D eigenvalue weighted by Crippen LogP contribution is -2.43. The van der Waals surface area contributed by atoms with Gasteiger partial charge < -0.3 is 15.5 Å². The number of halogens is 1. The van der Waals surface area contributed by atoms with Crippen LogP contribution in [0.4, 0.5) is 0 Å². The van der Waals surface area contributed by atoms with Crippen molar-refractivity contribution in [3.05, 3.63) is 35.9 Å². The first-order chi connectivity index (χ1) is 11.6. The molecule has 1 fully saturated rings. The molecule has 0 saturated heterocycles. The first kappa shape index (κ1) is 21.7. The quantitative estimate of drug-likeness (QED) is 0.286. The summed E-state index contributed by atoms with van der Waals surface area (Å²) in [6.45, 7) is 1.04. The summed E-state index contributed by atoms with van der Waals surface area (Å²) in [5.41, 5.74) is 1.35. The van der Waals surface area contributed by atoms with Gasteiger partial charge in [-0.2, -0.15) is 0 Å². The molecule has 0 unspecified atom stereocenters. The van der Waals surface area contributed by atoms with Crippen LogP contribution in [0.2, 0.25) is 0 Å². The second-order valence-corrected chi connectivity index (χ2v) is 6.59. The summed E-state index contributed by atoms with van der Waals surface area (Å²) in [5, 5.41) is 6.86. The van der Waals surface area contributed by atoms with Crippen LogP contribution in [0, 0.1) is 0 Å². The monoisotopic (exact) mass is 458 g/mol.